The highest BCUT2D eigenvalue weighted by Crippen LogP contribution is 2.37. The van der Waals surface area contributed by atoms with Gasteiger partial charge in [0.25, 0.3) is 0 Å². The van der Waals surface area contributed by atoms with E-state index in [2.05, 4.69) is 63.1 Å². The van der Waals surface area contributed by atoms with Crippen molar-refractivity contribution in [2.24, 2.45) is 5.92 Å². The first kappa shape index (κ1) is 20.5. The number of hydrogen-bond acceptors (Lipinski definition) is 2. The number of nitriles is 1. The molecule has 0 saturated heterocycles. The van der Waals surface area contributed by atoms with Gasteiger partial charge in [0.2, 0.25) is 0 Å². The van der Waals surface area contributed by atoms with Crippen LogP contribution in [0.5, 0.6) is 0 Å². The molecule has 2 rings (SSSR count). The lowest BCUT2D eigenvalue weighted by atomic mass is 9.70. The van der Waals surface area contributed by atoms with Crippen molar-refractivity contribution in [3.8, 4) is 6.07 Å². The number of nitrogens with zero attached hydrogens (tertiary/aromatic N) is 2. The largest absolute Gasteiger partial charge is 0.300 e. The van der Waals surface area contributed by atoms with Crippen LogP contribution in [0.4, 0.5) is 0 Å². The second-order valence-corrected chi connectivity index (χ2v) is 7.85. The minimum Gasteiger partial charge on any atom is -0.300 e. The Morgan fingerprint density at radius 3 is 2.19 bits per heavy atom. The molecular formula is C23H29ClN2. The Balaban J connectivity index is 2.06. The SMILES string of the molecule is CC(c1ccccc1)N(C)CCCC(C#N)(c1ccc(Cl)cc1)C(C)C. The molecule has 0 aromatic heterocycles. The van der Waals surface area contributed by atoms with Gasteiger partial charge in [-0.3, -0.25) is 4.90 Å². The second kappa shape index (κ2) is 9.21. The summed E-state index contributed by atoms with van der Waals surface area (Å²) in [4.78, 5) is 2.36. The van der Waals surface area contributed by atoms with Gasteiger partial charge in [-0.25, -0.2) is 0 Å². The average Bonchev–Trinajstić information content (AvgIpc) is 2.66. The Bertz CT molecular complexity index is 718. The molecule has 138 valence electrons. The van der Waals surface area contributed by atoms with Gasteiger partial charge in [0.15, 0.2) is 0 Å². The molecule has 0 saturated carbocycles. The first-order valence-electron chi connectivity index (χ1n) is 9.33. The zero-order valence-electron chi connectivity index (χ0n) is 16.2. The van der Waals surface area contributed by atoms with E-state index in [4.69, 9.17) is 11.6 Å². The van der Waals surface area contributed by atoms with Crippen molar-refractivity contribution in [1.82, 2.24) is 4.90 Å². The van der Waals surface area contributed by atoms with Gasteiger partial charge in [-0.2, -0.15) is 5.26 Å². The summed E-state index contributed by atoms with van der Waals surface area (Å²) in [5, 5.41) is 10.7. The van der Waals surface area contributed by atoms with Crippen molar-refractivity contribution in [3.05, 3.63) is 70.7 Å². The summed E-state index contributed by atoms with van der Waals surface area (Å²) in [7, 11) is 2.16. The van der Waals surface area contributed by atoms with E-state index in [1.807, 2.05) is 30.3 Å². The van der Waals surface area contributed by atoms with Crippen LogP contribution in [0.1, 0.15) is 50.8 Å². The van der Waals surface area contributed by atoms with E-state index in [0.717, 1.165) is 24.9 Å². The molecule has 0 aliphatic heterocycles. The van der Waals surface area contributed by atoms with Gasteiger partial charge in [-0.15, -0.1) is 0 Å². The minimum absolute atomic E-state index is 0.241. The van der Waals surface area contributed by atoms with E-state index < -0.39 is 5.41 Å². The van der Waals surface area contributed by atoms with Crippen LogP contribution < -0.4 is 0 Å². The van der Waals surface area contributed by atoms with Crippen LogP contribution in [0.15, 0.2) is 54.6 Å². The van der Waals surface area contributed by atoms with E-state index >= 15 is 0 Å². The van der Waals surface area contributed by atoms with Gasteiger partial charge < -0.3 is 0 Å². The molecule has 3 heteroatoms. The Labute approximate surface area is 163 Å². The highest BCUT2D eigenvalue weighted by molar-refractivity contribution is 6.30. The third kappa shape index (κ3) is 4.67. The molecule has 0 heterocycles. The molecule has 2 aromatic carbocycles. The highest BCUT2D eigenvalue weighted by atomic mass is 35.5. The molecule has 0 aliphatic carbocycles. The third-order valence-electron chi connectivity index (χ3n) is 5.57. The van der Waals surface area contributed by atoms with E-state index in [1.165, 1.54) is 5.56 Å². The molecule has 2 atom stereocenters. The summed E-state index contributed by atoms with van der Waals surface area (Å²) in [6.45, 7) is 7.45. The van der Waals surface area contributed by atoms with E-state index in [0.29, 0.717) is 11.1 Å². The van der Waals surface area contributed by atoms with Crippen LogP contribution in [-0.4, -0.2) is 18.5 Å². The Morgan fingerprint density at radius 1 is 1.04 bits per heavy atom. The Kier molecular flexibility index (Phi) is 7.26. The fraction of sp³-hybridized carbons (Fsp3) is 0.435. The van der Waals surface area contributed by atoms with Crippen LogP contribution in [-0.2, 0) is 5.41 Å². The van der Waals surface area contributed by atoms with Gasteiger partial charge in [0.05, 0.1) is 11.5 Å². The predicted octanol–water partition coefficient (Wildman–Crippen LogP) is 6.23. The lowest BCUT2D eigenvalue weighted by Gasteiger charge is -2.33. The highest BCUT2D eigenvalue weighted by Gasteiger charge is 2.35. The normalized spacial score (nSPS) is 14.8. The molecule has 2 nitrogen and oxygen atoms in total. The quantitative estimate of drug-likeness (QED) is 0.552. The summed E-state index contributed by atoms with van der Waals surface area (Å²) < 4.78 is 0. The maximum Gasteiger partial charge on any atom is 0.0845 e. The molecule has 2 aromatic rings. The van der Waals surface area contributed by atoms with Gasteiger partial charge in [0, 0.05) is 11.1 Å². The van der Waals surface area contributed by atoms with E-state index in [1.54, 1.807) is 0 Å². The van der Waals surface area contributed by atoms with Crippen LogP contribution in [0.25, 0.3) is 0 Å². The number of halogens is 1. The molecule has 0 fully saturated rings. The molecule has 0 bridgehead atoms. The van der Waals surface area contributed by atoms with Crippen LogP contribution in [0.3, 0.4) is 0 Å². The van der Waals surface area contributed by atoms with Gasteiger partial charge in [-0.05, 0) is 62.5 Å². The number of hydrogen-bond donors (Lipinski definition) is 0. The molecule has 0 N–H and O–H groups in total. The molecule has 0 amide bonds. The standard InChI is InChI=1S/C23H29ClN2/c1-18(2)23(17-25,21-11-13-22(24)14-12-21)15-8-16-26(4)19(3)20-9-6-5-7-10-20/h5-7,9-14,18-19H,8,15-16H2,1-4H3. The fourth-order valence-electron chi connectivity index (χ4n) is 3.55. The predicted molar refractivity (Wildman–Crippen MR) is 110 cm³/mol. The van der Waals surface area contributed by atoms with Crippen molar-refractivity contribution in [2.75, 3.05) is 13.6 Å². The first-order chi connectivity index (χ1) is 12.4. The van der Waals surface area contributed by atoms with Crippen LogP contribution in [0.2, 0.25) is 5.02 Å². The summed E-state index contributed by atoms with van der Waals surface area (Å²) in [6.07, 6.45) is 1.82. The molecule has 26 heavy (non-hydrogen) atoms. The summed E-state index contributed by atoms with van der Waals surface area (Å²) in [6, 6.07) is 21.3. The van der Waals surface area contributed by atoms with Crippen molar-refractivity contribution < 1.29 is 0 Å². The summed E-state index contributed by atoms with van der Waals surface area (Å²) >= 11 is 6.03. The molecule has 0 aliphatic rings. The number of rotatable bonds is 8. The van der Waals surface area contributed by atoms with Crippen molar-refractivity contribution in [2.45, 2.75) is 45.1 Å². The van der Waals surface area contributed by atoms with E-state index in [9.17, 15) is 5.26 Å². The van der Waals surface area contributed by atoms with Crippen molar-refractivity contribution in [1.29, 1.82) is 5.26 Å². The smallest absolute Gasteiger partial charge is 0.0845 e. The lowest BCUT2D eigenvalue weighted by molar-refractivity contribution is 0.241. The average molecular weight is 369 g/mol. The first-order valence-corrected chi connectivity index (χ1v) is 9.71. The van der Waals surface area contributed by atoms with Gasteiger partial charge in [-0.1, -0.05) is 67.9 Å². The fourth-order valence-corrected chi connectivity index (χ4v) is 3.68. The summed E-state index contributed by atoms with van der Waals surface area (Å²) in [5.74, 6) is 0.241. The number of benzene rings is 2. The van der Waals surface area contributed by atoms with Crippen molar-refractivity contribution >= 4 is 11.6 Å². The van der Waals surface area contributed by atoms with Crippen molar-refractivity contribution in [3.63, 3.8) is 0 Å². The van der Waals surface area contributed by atoms with Gasteiger partial charge in [0.1, 0.15) is 0 Å². The van der Waals surface area contributed by atoms with E-state index in [-0.39, 0.29) is 5.92 Å². The minimum atomic E-state index is -0.471. The van der Waals surface area contributed by atoms with Crippen LogP contribution >= 0.6 is 11.6 Å². The second-order valence-electron chi connectivity index (χ2n) is 7.42. The molecule has 0 spiro atoms. The monoisotopic (exact) mass is 368 g/mol. The Morgan fingerprint density at radius 2 is 1.65 bits per heavy atom. The Hall–Kier alpha value is -1.82. The third-order valence-corrected chi connectivity index (χ3v) is 5.82. The summed E-state index contributed by atoms with van der Waals surface area (Å²) in [5.41, 5.74) is 1.92. The molecular weight excluding hydrogens is 340 g/mol. The molecule has 2 unspecified atom stereocenters. The maximum absolute atomic E-state index is 10.0. The lowest BCUT2D eigenvalue weighted by Crippen LogP contribution is -2.32. The zero-order chi connectivity index (χ0) is 19.2. The van der Waals surface area contributed by atoms with Crippen LogP contribution in [0, 0.1) is 17.2 Å². The maximum atomic E-state index is 10.0. The zero-order valence-corrected chi connectivity index (χ0v) is 17.0. The van der Waals surface area contributed by atoms with Gasteiger partial charge >= 0.3 is 0 Å². The topological polar surface area (TPSA) is 27.0 Å². The molecule has 0 radical (unpaired) electrons.